The van der Waals surface area contributed by atoms with Gasteiger partial charge in [-0.25, -0.2) is 12.8 Å². The Labute approximate surface area is 217 Å². The van der Waals surface area contributed by atoms with E-state index in [4.69, 9.17) is 10.8 Å². The smallest absolute Gasteiger partial charge is 0.320 e. The Morgan fingerprint density at radius 3 is 2.32 bits per heavy atom. The van der Waals surface area contributed by atoms with E-state index < -0.39 is 34.2 Å². The van der Waals surface area contributed by atoms with Crippen molar-refractivity contribution in [1.29, 1.82) is 0 Å². The van der Waals surface area contributed by atoms with Crippen LogP contribution in [0.1, 0.15) is 41.1 Å². The summed E-state index contributed by atoms with van der Waals surface area (Å²) in [6.07, 6.45) is 0.508. The SMILES string of the molecule is Cc1ccc(S(=O)(=O)N2CC[C@H](O)C[C@@H]2c2ccc(F)cc2C)cc1.N[C@H](Cc1ccccc1)C(=O)O. The van der Waals surface area contributed by atoms with E-state index in [1.54, 1.807) is 37.3 Å². The first kappa shape index (κ1) is 28.5. The quantitative estimate of drug-likeness (QED) is 0.445. The second-order valence-electron chi connectivity index (χ2n) is 9.26. The molecule has 1 heterocycles. The summed E-state index contributed by atoms with van der Waals surface area (Å²) in [4.78, 5) is 10.6. The van der Waals surface area contributed by atoms with Gasteiger partial charge in [0, 0.05) is 6.54 Å². The minimum Gasteiger partial charge on any atom is -0.480 e. The number of hydrogen-bond donors (Lipinski definition) is 3. The zero-order valence-corrected chi connectivity index (χ0v) is 21.7. The molecule has 3 aromatic rings. The van der Waals surface area contributed by atoms with Gasteiger partial charge in [-0.15, -0.1) is 0 Å². The van der Waals surface area contributed by atoms with E-state index in [1.807, 2.05) is 37.3 Å². The van der Waals surface area contributed by atoms with Crippen LogP contribution < -0.4 is 5.73 Å². The zero-order valence-electron chi connectivity index (χ0n) is 20.9. The van der Waals surface area contributed by atoms with Crippen LogP contribution in [0.5, 0.6) is 0 Å². The summed E-state index contributed by atoms with van der Waals surface area (Å²) < 4.78 is 41.2. The van der Waals surface area contributed by atoms with Crippen LogP contribution in [0.25, 0.3) is 0 Å². The van der Waals surface area contributed by atoms with Crippen LogP contribution in [-0.4, -0.2) is 47.6 Å². The minimum absolute atomic E-state index is 0.235. The fourth-order valence-corrected chi connectivity index (χ4v) is 5.94. The fourth-order valence-electron chi connectivity index (χ4n) is 4.31. The molecule has 4 rings (SSSR count). The molecule has 4 N–H and O–H groups in total. The van der Waals surface area contributed by atoms with Crippen LogP contribution in [0.15, 0.2) is 77.7 Å². The molecule has 0 aliphatic carbocycles. The van der Waals surface area contributed by atoms with Gasteiger partial charge in [-0.2, -0.15) is 4.31 Å². The topological polar surface area (TPSA) is 121 Å². The van der Waals surface area contributed by atoms with Crippen LogP contribution >= 0.6 is 0 Å². The van der Waals surface area contributed by atoms with Gasteiger partial charge < -0.3 is 15.9 Å². The molecule has 7 nitrogen and oxygen atoms in total. The Hall–Kier alpha value is -3.11. The van der Waals surface area contributed by atoms with Gasteiger partial charge >= 0.3 is 5.97 Å². The molecule has 0 amide bonds. The number of carboxylic acids is 1. The van der Waals surface area contributed by atoms with Crippen LogP contribution in [0.4, 0.5) is 4.39 Å². The van der Waals surface area contributed by atoms with Crippen LogP contribution in [0.3, 0.4) is 0 Å². The van der Waals surface area contributed by atoms with Crippen molar-refractivity contribution in [3.63, 3.8) is 0 Å². The molecule has 0 bridgehead atoms. The second kappa shape index (κ2) is 12.4. The first-order chi connectivity index (χ1) is 17.5. The molecule has 0 unspecified atom stereocenters. The molecule has 1 aliphatic heterocycles. The van der Waals surface area contributed by atoms with Gasteiger partial charge in [-0.3, -0.25) is 4.79 Å². The number of aliphatic carboxylic acids is 1. The maximum Gasteiger partial charge on any atom is 0.320 e. The van der Waals surface area contributed by atoms with E-state index in [2.05, 4.69) is 0 Å². The Morgan fingerprint density at radius 1 is 1.08 bits per heavy atom. The largest absolute Gasteiger partial charge is 0.480 e. The third-order valence-electron chi connectivity index (χ3n) is 6.36. The summed E-state index contributed by atoms with van der Waals surface area (Å²) in [5.74, 6) is -1.32. The average molecular weight is 529 g/mol. The summed E-state index contributed by atoms with van der Waals surface area (Å²) in [7, 11) is -3.70. The highest BCUT2D eigenvalue weighted by Gasteiger charge is 2.37. The van der Waals surface area contributed by atoms with Crippen molar-refractivity contribution in [3.05, 3.63) is 101 Å². The summed E-state index contributed by atoms with van der Waals surface area (Å²) in [6.45, 7) is 3.90. The highest BCUT2D eigenvalue weighted by atomic mass is 32.2. The predicted molar refractivity (Wildman–Crippen MR) is 140 cm³/mol. The first-order valence-electron chi connectivity index (χ1n) is 12.0. The molecule has 0 aromatic heterocycles. The lowest BCUT2D eigenvalue weighted by atomic mass is 9.92. The number of hydrogen-bond acceptors (Lipinski definition) is 5. The lowest BCUT2D eigenvalue weighted by molar-refractivity contribution is -0.138. The maximum absolute atomic E-state index is 13.4. The molecule has 1 saturated heterocycles. The number of piperidine rings is 1. The number of benzene rings is 3. The van der Waals surface area contributed by atoms with Crippen molar-refractivity contribution >= 4 is 16.0 Å². The van der Waals surface area contributed by atoms with Crippen LogP contribution in [0, 0.1) is 19.7 Å². The van der Waals surface area contributed by atoms with Gasteiger partial charge in [0.1, 0.15) is 11.9 Å². The van der Waals surface area contributed by atoms with Gasteiger partial charge in [-0.1, -0.05) is 54.1 Å². The molecule has 9 heteroatoms. The number of sulfonamides is 1. The number of aryl methyl sites for hydroxylation is 2. The molecule has 0 spiro atoms. The van der Waals surface area contributed by atoms with E-state index in [-0.39, 0.29) is 17.3 Å². The van der Waals surface area contributed by atoms with Gasteiger partial charge in [0.15, 0.2) is 0 Å². The Bertz CT molecular complexity index is 1300. The molecule has 0 radical (unpaired) electrons. The first-order valence-corrected chi connectivity index (χ1v) is 13.5. The number of rotatable bonds is 6. The lowest BCUT2D eigenvalue weighted by Crippen LogP contribution is -2.42. The van der Waals surface area contributed by atoms with E-state index in [0.29, 0.717) is 24.8 Å². The Balaban J connectivity index is 0.000000266. The highest BCUT2D eigenvalue weighted by Crippen LogP contribution is 2.37. The van der Waals surface area contributed by atoms with Crippen molar-refractivity contribution in [1.82, 2.24) is 4.31 Å². The molecule has 198 valence electrons. The maximum atomic E-state index is 13.4. The fraction of sp³-hybridized carbons (Fsp3) is 0.321. The zero-order chi connectivity index (χ0) is 27.2. The second-order valence-corrected chi connectivity index (χ2v) is 11.1. The summed E-state index contributed by atoms with van der Waals surface area (Å²) in [6, 6.07) is 19.1. The number of nitrogens with zero attached hydrogens (tertiary/aromatic N) is 1. The summed E-state index contributed by atoms with van der Waals surface area (Å²) in [5.41, 5.74) is 8.70. The summed E-state index contributed by atoms with van der Waals surface area (Å²) >= 11 is 0. The van der Waals surface area contributed by atoms with Crippen LogP contribution in [0.2, 0.25) is 0 Å². The number of aliphatic hydroxyl groups is 1. The molecule has 0 saturated carbocycles. The summed E-state index contributed by atoms with van der Waals surface area (Å²) in [5, 5.41) is 18.6. The lowest BCUT2D eigenvalue weighted by Gasteiger charge is -2.37. The number of carbonyl (C=O) groups is 1. The van der Waals surface area contributed by atoms with Crippen molar-refractivity contribution < 1.29 is 27.8 Å². The van der Waals surface area contributed by atoms with E-state index in [1.165, 1.54) is 16.4 Å². The van der Waals surface area contributed by atoms with Gasteiger partial charge in [-0.05, 0) is 74.1 Å². The third-order valence-corrected chi connectivity index (χ3v) is 8.28. The molecule has 3 aromatic carbocycles. The number of aliphatic hydroxyl groups excluding tert-OH is 1. The van der Waals surface area contributed by atoms with E-state index in [0.717, 1.165) is 16.7 Å². The standard InChI is InChI=1S/C19H22FNO3S.C9H11NO2/c1-13-3-6-17(7-4-13)25(23,24)21-10-9-16(22)12-19(21)18-8-5-15(20)11-14(18)2;10-8(9(11)12)6-7-4-2-1-3-5-7/h3-8,11,16,19,22H,9-10,12H2,1-2H3;1-5,8H,6,10H2,(H,11,12)/t16-,19+;8-/m01/s1. The van der Waals surface area contributed by atoms with Gasteiger partial charge in [0.2, 0.25) is 10.0 Å². The molecule has 1 fully saturated rings. The molecular weight excluding hydrogens is 495 g/mol. The Morgan fingerprint density at radius 2 is 1.73 bits per heavy atom. The van der Waals surface area contributed by atoms with E-state index >= 15 is 0 Å². The van der Waals surface area contributed by atoms with Crippen LogP contribution in [-0.2, 0) is 21.2 Å². The Kier molecular flexibility index (Phi) is 9.56. The number of halogens is 1. The van der Waals surface area contributed by atoms with Crippen molar-refractivity contribution in [3.8, 4) is 0 Å². The predicted octanol–water partition coefficient (Wildman–Crippen LogP) is 3.97. The molecule has 3 atom stereocenters. The molecule has 37 heavy (non-hydrogen) atoms. The van der Waals surface area contributed by atoms with Gasteiger partial charge in [0.25, 0.3) is 0 Å². The van der Waals surface area contributed by atoms with Gasteiger partial charge in [0.05, 0.1) is 17.0 Å². The third kappa shape index (κ3) is 7.45. The van der Waals surface area contributed by atoms with Crippen molar-refractivity contribution in [2.75, 3.05) is 6.54 Å². The number of nitrogens with two attached hydrogens (primary N) is 1. The minimum atomic E-state index is -3.70. The number of carboxylic acid groups (broad SMARTS) is 1. The van der Waals surface area contributed by atoms with E-state index in [9.17, 15) is 22.7 Å². The molecular formula is C28H33FN2O5S. The van der Waals surface area contributed by atoms with Crippen molar-refractivity contribution in [2.24, 2.45) is 5.73 Å². The normalized spacial score (nSPS) is 18.9. The van der Waals surface area contributed by atoms with Crippen molar-refractivity contribution in [2.45, 2.75) is 56.2 Å². The monoisotopic (exact) mass is 528 g/mol. The average Bonchev–Trinajstić information content (AvgIpc) is 2.85. The highest BCUT2D eigenvalue weighted by molar-refractivity contribution is 7.89. The molecule has 1 aliphatic rings.